The van der Waals surface area contributed by atoms with Gasteiger partial charge in [0.15, 0.2) is 5.82 Å². The van der Waals surface area contributed by atoms with Gasteiger partial charge in [0, 0.05) is 25.3 Å². The molecule has 0 aromatic carbocycles. The van der Waals surface area contributed by atoms with E-state index in [9.17, 15) is 0 Å². The average Bonchev–Trinajstić information content (AvgIpc) is 2.23. The molecule has 96 valence electrons. The molecular formula is C12H22N4O. The van der Waals surface area contributed by atoms with E-state index in [2.05, 4.69) is 41.4 Å². The Labute approximate surface area is 103 Å². The SMILES string of the molecule is CCOCc1nc(NC)cc(NC(C)(C)C)n1. The maximum absolute atomic E-state index is 5.32. The second kappa shape index (κ2) is 5.82. The molecule has 0 aliphatic rings. The zero-order valence-corrected chi connectivity index (χ0v) is 11.3. The second-order valence-electron chi connectivity index (χ2n) is 4.82. The van der Waals surface area contributed by atoms with Crippen molar-refractivity contribution in [3.63, 3.8) is 0 Å². The molecule has 5 nitrogen and oxygen atoms in total. The van der Waals surface area contributed by atoms with E-state index in [0.717, 1.165) is 11.6 Å². The highest BCUT2D eigenvalue weighted by Crippen LogP contribution is 2.16. The third-order valence-electron chi connectivity index (χ3n) is 1.97. The predicted octanol–water partition coefficient (Wildman–Crippen LogP) is 2.27. The third-order valence-corrected chi connectivity index (χ3v) is 1.97. The van der Waals surface area contributed by atoms with E-state index in [4.69, 9.17) is 4.74 Å². The van der Waals surface area contributed by atoms with Gasteiger partial charge in [-0.15, -0.1) is 0 Å². The van der Waals surface area contributed by atoms with Gasteiger partial charge in [-0.25, -0.2) is 9.97 Å². The van der Waals surface area contributed by atoms with Gasteiger partial charge in [-0.1, -0.05) is 0 Å². The zero-order chi connectivity index (χ0) is 12.9. The van der Waals surface area contributed by atoms with Gasteiger partial charge < -0.3 is 15.4 Å². The number of aromatic nitrogens is 2. The van der Waals surface area contributed by atoms with E-state index in [-0.39, 0.29) is 5.54 Å². The monoisotopic (exact) mass is 238 g/mol. The first-order chi connectivity index (χ1) is 7.94. The molecule has 0 unspecified atom stereocenters. The summed E-state index contributed by atoms with van der Waals surface area (Å²) in [5.74, 6) is 2.29. The molecule has 0 fully saturated rings. The van der Waals surface area contributed by atoms with Gasteiger partial charge in [-0.2, -0.15) is 0 Å². The summed E-state index contributed by atoms with van der Waals surface area (Å²) in [5.41, 5.74) is -0.0255. The van der Waals surface area contributed by atoms with Gasteiger partial charge in [0.1, 0.15) is 18.2 Å². The predicted molar refractivity (Wildman–Crippen MR) is 70.3 cm³/mol. The van der Waals surface area contributed by atoms with E-state index in [0.29, 0.717) is 19.0 Å². The molecule has 0 amide bonds. The van der Waals surface area contributed by atoms with Crippen molar-refractivity contribution in [2.45, 2.75) is 39.8 Å². The molecule has 0 aliphatic carbocycles. The number of nitrogens with one attached hydrogen (secondary N) is 2. The summed E-state index contributed by atoms with van der Waals surface area (Å²) in [6, 6.07) is 1.89. The van der Waals surface area contributed by atoms with Crippen molar-refractivity contribution in [3.05, 3.63) is 11.9 Å². The Hall–Kier alpha value is -1.36. The Morgan fingerprint density at radius 3 is 2.41 bits per heavy atom. The first-order valence-electron chi connectivity index (χ1n) is 5.86. The minimum Gasteiger partial charge on any atom is -0.374 e. The van der Waals surface area contributed by atoms with Crippen LogP contribution >= 0.6 is 0 Å². The quantitative estimate of drug-likeness (QED) is 0.824. The van der Waals surface area contributed by atoms with E-state index in [1.165, 1.54) is 0 Å². The standard InChI is InChI=1S/C12H22N4O/c1-6-17-8-11-14-9(13-5)7-10(15-11)16-12(2,3)4/h7H,6,8H2,1-5H3,(H2,13,14,15,16). The Bertz CT molecular complexity index is 360. The van der Waals surface area contributed by atoms with Crippen molar-refractivity contribution < 1.29 is 4.74 Å². The lowest BCUT2D eigenvalue weighted by Crippen LogP contribution is -2.27. The van der Waals surface area contributed by atoms with E-state index in [1.807, 2.05) is 20.0 Å². The molecule has 0 saturated carbocycles. The first kappa shape index (κ1) is 13.7. The topological polar surface area (TPSA) is 59.1 Å². The largest absolute Gasteiger partial charge is 0.374 e. The summed E-state index contributed by atoms with van der Waals surface area (Å²) in [6.45, 7) is 9.33. The highest BCUT2D eigenvalue weighted by Gasteiger charge is 2.12. The molecular weight excluding hydrogens is 216 g/mol. The van der Waals surface area contributed by atoms with Crippen LogP contribution in [0.2, 0.25) is 0 Å². The number of rotatable bonds is 5. The fourth-order valence-corrected chi connectivity index (χ4v) is 1.33. The molecule has 1 rings (SSSR count). The average molecular weight is 238 g/mol. The van der Waals surface area contributed by atoms with Crippen LogP contribution in [0.3, 0.4) is 0 Å². The van der Waals surface area contributed by atoms with Gasteiger partial charge in [0.25, 0.3) is 0 Å². The molecule has 17 heavy (non-hydrogen) atoms. The molecule has 0 atom stereocenters. The van der Waals surface area contributed by atoms with Crippen LogP contribution in [0.25, 0.3) is 0 Å². The van der Waals surface area contributed by atoms with Crippen LogP contribution in [-0.4, -0.2) is 29.2 Å². The van der Waals surface area contributed by atoms with Gasteiger partial charge in [-0.3, -0.25) is 0 Å². The minimum atomic E-state index is -0.0255. The van der Waals surface area contributed by atoms with Crippen molar-refractivity contribution in [2.75, 3.05) is 24.3 Å². The molecule has 1 aromatic heterocycles. The molecule has 1 heterocycles. The highest BCUT2D eigenvalue weighted by atomic mass is 16.5. The molecule has 0 bridgehead atoms. The Balaban J connectivity index is 2.88. The van der Waals surface area contributed by atoms with Crippen LogP contribution in [0, 0.1) is 0 Å². The van der Waals surface area contributed by atoms with Gasteiger partial charge in [0.05, 0.1) is 0 Å². The Kier molecular flexibility index (Phi) is 4.69. The van der Waals surface area contributed by atoms with Crippen LogP contribution in [0.5, 0.6) is 0 Å². The van der Waals surface area contributed by atoms with Crippen LogP contribution in [0.4, 0.5) is 11.6 Å². The summed E-state index contributed by atoms with van der Waals surface area (Å²) in [6.07, 6.45) is 0. The molecule has 5 heteroatoms. The molecule has 0 aliphatic heterocycles. The summed E-state index contributed by atoms with van der Waals surface area (Å²) in [7, 11) is 1.84. The van der Waals surface area contributed by atoms with Crippen molar-refractivity contribution >= 4 is 11.6 Å². The van der Waals surface area contributed by atoms with Crippen molar-refractivity contribution in [1.29, 1.82) is 0 Å². The summed E-state index contributed by atoms with van der Waals surface area (Å²) in [5, 5.41) is 6.35. The molecule has 2 N–H and O–H groups in total. The molecule has 0 radical (unpaired) electrons. The first-order valence-corrected chi connectivity index (χ1v) is 5.86. The van der Waals surface area contributed by atoms with E-state index < -0.39 is 0 Å². The van der Waals surface area contributed by atoms with Gasteiger partial charge >= 0.3 is 0 Å². The maximum atomic E-state index is 5.32. The van der Waals surface area contributed by atoms with Crippen LogP contribution in [0.15, 0.2) is 6.07 Å². The number of ether oxygens (including phenoxy) is 1. The summed E-state index contributed by atoms with van der Waals surface area (Å²) < 4.78 is 5.32. The lowest BCUT2D eigenvalue weighted by molar-refractivity contribution is 0.128. The Morgan fingerprint density at radius 1 is 1.24 bits per heavy atom. The van der Waals surface area contributed by atoms with Crippen LogP contribution in [0.1, 0.15) is 33.5 Å². The summed E-state index contributed by atoms with van der Waals surface area (Å²) >= 11 is 0. The normalized spacial score (nSPS) is 11.4. The third kappa shape index (κ3) is 4.99. The summed E-state index contributed by atoms with van der Waals surface area (Å²) in [4.78, 5) is 8.75. The van der Waals surface area contributed by atoms with Gasteiger partial charge in [0.2, 0.25) is 0 Å². The zero-order valence-electron chi connectivity index (χ0n) is 11.3. The van der Waals surface area contributed by atoms with Crippen molar-refractivity contribution in [3.8, 4) is 0 Å². The molecule has 0 saturated heterocycles. The van der Waals surface area contributed by atoms with Crippen LogP contribution in [-0.2, 0) is 11.3 Å². The van der Waals surface area contributed by atoms with Crippen LogP contribution < -0.4 is 10.6 Å². The second-order valence-corrected chi connectivity index (χ2v) is 4.82. The maximum Gasteiger partial charge on any atom is 0.158 e. The minimum absolute atomic E-state index is 0.0255. The fourth-order valence-electron chi connectivity index (χ4n) is 1.33. The molecule has 0 spiro atoms. The van der Waals surface area contributed by atoms with E-state index >= 15 is 0 Å². The van der Waals surface area contributed by atoms with Gasteiger partial charge in [-0.05, 0) is 27.7 Å². The number of nitrogens with zero attached hydrogens (tertiary/aromatic N) is 2. The fraction of sp³-hybridized carbons (Fsp3) is 0.667. The lowest BCUT2D eigenvalue weighted by Gasteiger charge is -2.21. The van der Waals surface area contributed by atoms with E-state index in [1.54, 1.807) is 0 Å². The number of anilines is 2. The lowest BCUT2D eigenvalue weighted by atomic mass is 10.1. The number of hydrogen-bond acceptors (Lipinski definition) is 5. The van der Waals surface area contributed by atoms with Crippen molar-refractivity contribution in [1.82, 2.24) is 9.97 Å². The molecule has 1 aromatic rings. The highest BCUT2D eigenvalue weighted by molar-refractivity contribution is 5.48. The smallest absolute Gasteiger partial charge is 0.158 e. The number of hydrogen-bond donors (Lipinski definition) is 2. The Morgan fingerprint density at radius 2 is 1.88 bits per heavy atom. The van der Waals surface area contributed by atoms with Crippen molar-refractivity contribution in [2.24, 2.45) is 0 Å².